The molecule has 0 unspecified atom stereocenters. The number of methoxy groups -OCH3 is 1. The number of hydrogen-bond acceptors (Lipinski definition) is 4. The Morgan fingerprint density at radius 1 is 1.35 bits per heavy atom. The molecule has 2 rings (SSSR count). The largest absolute Gasteiger partial charge is 0.496 e. The molecule has 0 amide bonds. The van der Waals surface area contributed by atoms with Crippen molar-refractivity contribution in [2.45, 2.75) is 37.1 Å². The standard InChI is InChI=1S/C15H23BrN2O3S.ClH/c1-3-10-18(12-6-8-17-9-7-12)22(19,20)13-4-5-14(16)15(11-13)21-2;/h4-5,11-12,17H,3,6-10H2,1-2H3;1H. The molecule has 1 heterocycles. The zero-order valence-electron chi connectivity index (χ0n) is 13.4. The van der Waals surface area contributed by atoms with Gasteiger partial charge < -0.3 is 10.1 Å². The molecule has 132 valence electrons. The number of nitrogens with one attached hydrogen (secondary N) is 1. The number of nitrogens with zero attached hydrogens (tertiary/aromatic N) is 1. The van der Waals surface area contributed by atoms with Crippen LogP contribution in [0.15, 0.2) is 27.6 Å². The zero-order valence-corrected chi connectivity index (χ0v) is 16.6. The lowest BCUT2D eigenvalue weighted by atomic mass is 10.1. The first kappa shape index (κ1) is 20.7. The molecule has 23 heavy (non-hydrogen) atoms. The van der Waals surface area contributed by atoms with E-state index in [1.807, 2.05) is 6.92 Å². The lowest BCUT2D eigenvalue weighted by molar-refractivity contribution is 0.262. The molecule has 1 aromatic carbocycles. The third-order valence-corrected chi connectivity index (χ3v) is 6.49. The van der Waals surface area contributed by atoms with Crippen molar-refractivity contribution in [2.24, 2.45) is 0 Å². The van der Waals surface area contributed by atoms with Crippen molar-refractivity contribution in [3.63, 3.8) is 0 Å². The van der Waals surface area contributed by atoms with E-state index in [0.717, 1.165) is 36.8 Å². The third-order valence-electron chi connectivity index (χ3n) is 3.89. The van der Waals surface area contributed by atoms with Crippen molar-refractivity contribution < 1.29 is 13.2 Å². The molecule has 1 N–H and O–H groups in total. The van der Waals surface area contributed by atoms with Gasteiger partial charge in [0.2, 0.25) is 10.0 Å². The monoisotopic (exact) mass is 426 g/mol. The van der Waals surface area contributed by atoms with Gasteiger partial charge in [-0.05, 0) is 60.4 Å². The smallest absolute Gasteiger partial charge is 0.243 e. The highest BCUT2D eigenvalue weighted by molar-refractivity contribution is 9.10. The number of sulfonamides is 1. The van der Waals surface area contributed by atoms with Gasteiger partial charge in [-0.2, -0.15) is 4.31 Å². The van der Waals surface area contributed by atoms with Crippen LogP contribution in [-0.4, -0.2) is 45.5 Å². The number of hydrogen-bond donors (Lipinski definition) is 1. The molecular formula is C15H24BrClN2O3S. The maximum Gasteiger partial charge on any atom is 0.243 e. The highest BCUT2D eigenvalue weighted by Crippen LogP contribution is 2.30. The van der Waals surface area contributed by atoms with E-state index in [0.29, 0.717) is 17.2 Å². The topological polar surface area (TPSA) is 58.6 Å². The summed E-state index contributed by atoms with van der Waals surface area (Å²) < 4.78 is 33.7. The van der Waals surface area contributed by atoms with Gasteiger partial charge in [0.1, 0.15) is 5.75 Å². The minimum Gasteiger partial charge on any atom is -0.496 e. The zero-order chi connectivity index (χ0) is 16.2. The maximum absolute atomic E-state index is 13.0. The number of piperidine rings is 1. The SMILES string of the molecule is CCCN(C1CCNCC1)S(=O)(=O)c1ccc(Br)c(OC)c1.Cl. The van der Waals surface area contributed by atoms with Gasteiger partial charge in [0.25, 0.3) is 0 Å². The highest BCUT2D eigenvalue weighted by Gasteiger charge is 2.32. The minimum atomic E-state index is -3.51. The molecule has 0 aromatic heterocycles. The van der Waals surface area contributed by atoms with Gasteiger partial charge in [-0.1, -0.05) is 6.92 Å². The molecule has 0 bridgehead atoms. The minimum absolute atomic E-state index is 0. The fourth-order valence-electron chi connectivity index (χ4n) is 2.75. The van der Waals surface area contributed by atoms with Crippen LogP contribution in [0.4, 0.5) is 0 Å². The van der Waals surface area contributed by atoms with Crippen LogP contribution in [0.1, 0.15) is 26.2 Å². The quantitative estimate of drug-likeness (QED) is 0.758. The van der Waals surface area contributed by atoms with E-state index in [4.69, 9.17) is 4.74 Å². The predicted octanol–water partition coefficient (Wildman–Crippen LogP) is 3.03. The van der Waals surface area contributed by atoms with Crippen LogP contribution in [0, 0.1) is 0 Å². The Morgan fingerprint density at radius 2 is 2.00 bits per heavy atom. The molecule has 1 aliphatic rings. The van der Waals surface area contributed by atoms with E-state index >= 15 is 0 Å². The lowest BCUT2D eigenvalue weighted by Gasteiger charge is -2.33. The number of benzene rings is 1. The molecule has 8 heteroatoms. The van der Waals surface area contributed by atoms with E-state index in [2.05, 4.69) is 21.2 Å². The summed E-state index contributed by atoms with van der Waals surface area (Å²) in [5, 5.41) is 3.28. The molecule has 0 saturated carbocycles. The third kappa shape index (κ3) is 4.82. The molecule has 0 atom stereocenters. The summed E-state index contributed by atoms with van der Waals surface area (Å²) in [7, 11) is -1.97. The Bertz CT molecular complexity index is 607. The van der Waals surface area contributed by atoms with Crippen molar-refractivity contribution in [2.75, 3.05) is 26.7 Å². The number of rotatable bonds is 6. The number of ether oxygens (including phenoxy) is 1. The molecular weight excluding hydrogens is 404 g/mol. The van der Waals surface area contributed by atoms with Gasteiger partial charge in [0.05, 0.1) is 16.5 Å². The number of halogens is 2. The molecule has 1 saturated heterocycles. The van der Waals surface area contributed by atoms with E-state index in [1.165, 1.54) is 7.11 Å². The van der Waals surface area contributed by atoms with E-state index < -0.39 is 10.0 Å². The molecule has 0 aliphatic carbocycles. The van der Waals surface area contributed by atoms with Crippen molar-refractivity contribution in [1.82, 2.24) is 9.62 Å². The second-order valence-corrected chi connectivity index (χ2v) is 8.14. The summed E-state index contributed by atoms with van der Waals surface area (Å²) in [6, 6.07) is 5.01. The van der Waals surface area contributed by atoms with Gasteiger partial charge in [0, 0.05) is 18.7 Å². The van der Waals surface area contributed by atoms with Crippen molar-refractivity contribution in [1.29, 1.82) is 0 Å². The molecule has 1 aliphatic heterocycles. The summed E-state index contributed by atoms with van der Waals surface area (Å²) in [6.07, 6.45) is 2.51. The fraction of sp³-hybridized carbons (Fsp3) is 0.600. The molecule has 5 nitrogen and oxygen atoms in total. The van der Waals surface area contributed by atoms with Crippen molar-refractivity contribution >= 4 is 38.4 Å². The first-order valence-corrected chi connectivity index (χ1v) is 9.80. The van der Waals surface area contributed by atoms with E-state index in [9.17, 15) is 8.42 Å². The van der Waals surface area contributed by atoms with Gasteiger partial charge >= 0.3 is 0 Å². The normalized spacial score (nSPS) is 16.2. The second kappa shape index (κ2) is 9.22. The van der Waals surface area contributed by atoms with Crippen LogP contribution < -0.4 is 10.1 Å². The Hall–Kier alpha value is -0.340. The molecule has 1 aromatic rings. The first-order chi connectivity index (χ1) is 10.5. The van der Waals surface area contributed by atoms with Gasteiger partial charge in [-0.15, -0.1) is 12.4 Å². The Morgan fingerprint density at radius 3 is 2.57 bits per heavy atom. The van der Waals surface area contributed by atoms with Gasteiger partial charge in [-0.25, -0.2) is 8.42 Å². The van der Waals surface area contributed by atoms with Crippen molar-refractivity contribution in [3.05, 3.63) is 22.7 Å². The second-order valence-electron chi connectivity index (χ2n) is 5.39. The van der Waals surface area contributed by atoms with Crippen LogP contribution in [0.5, 0.6) is 5.75 Å². The predicted molar refractivity (Wildman–Crippen MR) is 98.0 cm³/mol. The first-order valence-electron chi connectivity index (χ1n) is 7.56. The Balaban J connectivity index is 0.00000264. The summed E-state index contributed by atoms with van der Waals surface area (Å²) >= 11 is 3.36. The fourth-order valence-corrected chi connectivity index (χ4v) is 4.95. The summed E-state index contributed by atoms with van der Waals surface area (Å²) in [4.78, 5) is 0.291. The Kier molecular flexibility index (Phi) is 8.30. The molecule has 0 spiro atoms. The van der Waals surface area contributed by atoms with Crippen LogP contribution in [-0.2, 0) is 10.0 Å². The van der Waals surface area contributed by atoms with Crippen LogP contribution in [0.3, 0.4) is 0 Å². The highest BCUT2D eigenvalue weighted by atomic mass is 79.9. The van der Waals surface area contributed by atoms with Crippen LogP contribution in [0.2, 0.25) is 0 Å². The average molecular weight is 428 g/mol. The Labute approximate surface area is 153 Å². The van der Waals surface area contributed by atoms with Crippen LogP contribution in [0.25, 0.3) is 0 Å². The van der Waals surface area contributed by atoms with Crippen LogP contribution >= 0.6 is 28.3 Å². The van der Waals surface area contributed by atoms with E-state index in [1.54, 1.807) is 22.5 Å². The summed E-state index contributed by atoms with van der Waals surface area (Å²) in [5.74, 6) is 0.530. The van der Waals surface area contributed by atoms with E-state index in [-0.39, 0.29) is 18.4 Å². The van der Waals surface area contributed by atoms with Gasteiger partial charge in [0.15, 0.2) is 0 Å². The summed E-state index contributed by atoms with van der Waals surface area (Å²) in [6.45, 7) is 4.28. The van der Waals surface area contributed by atoms with Gasteiger partial charge in [-0.3, -0.25) is 0 Å². The summed E-state index contributed by atoms with van der Waals surface area (Å²) in [5.41, 5.74) is 0. The molecule has 1 fully saturated rings. The lowest BCUT2D eigenvalue weighted by Crippen LogP contribution is -2.46. The van der Waals surface area contributed by atoms with Crippen molar-refractivity contribution in [3.8, 4) is 5.75 Å². The average Bonchev–Trinajstić information content (AvgIpc) is 2.53. The maximum atomic E-state index is 13.0. The molecule has 0 radical (unpaired) electrons.